The highest BCUT2D eigenvalue weighted by Crippen LogP contribution is 2.06. The number of hydrogen-bond donors (Lipinski definition) is 2. The molecule has 8 heteroatoms. The number of hydrogen-bond acceptors (Lipinski definition) is 7. The molecule has 0 spiro atoms. The molecule has 0 aliphatic carbocycles. The first-order valence-corrected chi connectivity index (χ1v) is 4.62. The molecule has 1 aromatic heterocycles. The Morgan fingerprint density at radius 3 is 2.93 bits per heavy atom. The smallest absolute Gasteiger partial charge is 0.274 e. The number of rotatable bonds is 5. The number of nitrogens with two attached hydrogens (primary N) is 2. The van der Waals surface area contributed by atoms with Crippen LogP contribution in [0.4, 0.5) is 5.13 Å². The Labute approximate surface area is 89.6 Å². The quantitative estimate of drug-likeness (QED) is 0.305. The maximum absolute atomic E-state index is 11.0. The van der Waals surface area contributed by atoms with Gasteiger partial charge >= 0.3 is 0 Å². The molecule has 80 valence electrons. The third-order valence-electron chi connectivity index (χ3n) is 1.24. The van der Waals surface area contributed by atoms with Crippen molar-refractivity contribution < 1.29 is 9.63 Å². The fourth-order valence-electron chi connectivity index (χ4n) is 0.682. The second-order valence-corrected chi connectivity index (χ2v) is 3.13. The molecule has 1 rings (SSSR count). The van der Waals surface area contributed by atoms with Crippen LogP contribution in [0.25, 0.3) is 0 Å². The second-order valence-electron chi connectivity index (χ2n) is 2.34. The number of carbonyl (C=O) groups is 1. The molecule has 15 heavy (non-hydrogen) atoms. The summed E-state index contributed by atoms with van der Waals surface area (Å²) in [5.74, 6) is -0.717. The Morgan fingerprint density at radius 1 is 1.73 bits per heavy atom. The van der Waals surface area contributed by atoms with Crippen molar-refractivity contribution in [1.29, 1.82) is 0 Å². The summed E-state index contributed by atoms with van der Waals surface area (Å²) >= 11 is 0.942. The summed E-state index contributed by atoms with van der Waals surface area (Å²) in [5, 5.41) is 3.72. The van der Waals surface area contributed by atoms with Crippen LogP contribution >= 0.6 is 11.5 Å². The third-order valence-corrected chi connectivity index (χ3v) is 1.78. The lowest BCUT2D eigenvalue weighted by Crippen LogP contribution is -2.25. The minimum Gasteiger partial charge on any atom is -0.391 e. The third kappa shape index (κ3) is 3.02. The van der Waals surface area contributed by atoms with Crippen LogP contribution in [0.15, 0.2) is 17.8 Å². The van der Waals surface area contributed by atoms with E-state index in [1.165, 1.54) is 6.08 Å². The van der Waals surface area contributed by atoms with Crippen molar-refractivity contribution in [3.63, 3.8) is 0 Å². The highest BCUT2D eigenvalue weighted by atomic mass is 32.1. The van der Waals surface area contributed by atoms with Crippen molar-refractivity contribution in [2.45, 2.75) is 0 Å². The van der Waals surface area contributed by atoms with Crippen LogP contribution in [-0.4, -0.2) is 27.6 Å². The maximum Gasteiger partial charge on any atom is 0.274 e. The molecular formula is C7H9N5O2S. The standard InChI is InChI=1S/C7H9N5O2S/c1-2-3-14-11-4(5(8)13)6-10-7(9)15-12-6/h2H,1,3H2,(H2,8,13)(H2,9,10,12)/b11-4+. The van der Waals surface area contributed by atoms with Gasteiger partial charge in [0.05, 0.1) is 0 Å². The van der Waals surface area contributed by atoms with E-state index in [9.17, 15) is 4.79 Å². The molecule has 0 aliphatic heterocycles. The summed E-state index contributed by atoms with van der Waals surface area (Å²) in [5.41, 5.74) is 10.3. The summed E-state index contributed by atoms with van der Waals surface area (Å²) in [6.07, 6.45) is 1.48. The zero-order valence-corrected chi connectivity index (χ0v) is 8.53. The van der Waals surface area contributed by atoms with Crippen molar-refractivity contribution in [3.8, 4) is 0 Å². The molecule has 7 nitrogen and oxygen atoms in total. The first-order valence-electron chi connectivity index (χ1n) is 3.85. The summed E-state index contributed by atoms with van der Waals surface area (Å²) in [4.78, 5) is 19.5. The number of nitrogens with zero attached hydrogens (tertiary/aromatic N) is 3. The number of anilines is 1. The lowest BCUT2D eigenvalue weighted by Gasteiger charge is -1.96. The van der Waals surface area contributed by atoms with Gasteiger partial charge in [-0.15, -0.1) is 0 Å². The van der Waals surface area contributed by atoms with Crippen LogP contribution in [-0.2, 0) is 9.63 Å². The Morgan fingerprint density at radius 2 is 2.47 bits per heavy atom. The lowest BCUT2D eigenvalue weighted by molar-refractivity contribution is -0.112. The van der Waals surface area contributed by atoms with Crippen LogP contribution in [0.2, 0.25) is 0 Å². The summed E-state index contributed by atoms with van der Waals surface area (Å²) in [7, 11) is 0. The molecule has 0 aliphatic rings. The highest BCUT2D eigenvalue weighted by molar-refractivity contribution is 7.09. The zero-order chi connectivity index (χ0) is 11.3. The Hall–Kier alpha value is -1.96. The van der Waals surface area contributed by atoms with Crippen molar-refractivity contribution in [2.24, 2.45) is 10.9 Å². The largest absolute Gasteiger partial charge is 0.391 e. The molecule has 0 aromatic carbocycles. The van der Waals surface area contributed by atoms with Crippen LogP contribution in [0.5, 0.6) is 0 Å². The first-order chi connectivity index (χ1) is 7.15. The van der Waals surface area contributed by atoms with Crippen molar-refractivity contribution in [1.82, 2.24) is 9.36 Å². The molecule has 0 unspecified atom stereocenters. The molecule has 4 N–H and O–H groups in total. The number of primary amides is 1. The van der Waals surface area contributed by atoms with E-state index in [4.69, 9.17) is 16.3 Å². The van der Waals surface area contributed by atoms with Crippen molar-refractivity contribution in [2.75, 3.05) is 12.3 Å². The maximum atomic E-state index is 11.0. The minimum atomic E-state index is -0.781. The van der Waals surface area contributed by atoms with E-state index in [0.29, 0.717) is 0 Å². The van der Waals surface area contributed by atoms with Gasteiger partial charge in [-0.2, -0.15) is 9.36 Å². The Kier molecular flexibility index (Phi) is 3.75. The van der Waals surface area contributed by atoms with E-state index in [2.05, 4.69) is 21.1 Å². The highest BCUT2D eigenvalue weighted by Gasteiger charge is 2.16. The van der Waals surface area contributed by atoms with Gasteiger partial charge < -0.3 is 16.3 Å². The monoisotopic (exact) mass is 227 g/mol. The molecule has 0 radical (unpaired) electrons. The summed E-state index contributed by atoms with van der Waals surface area (Å²) < 4.78 is 3.78. The van der Waals surface area contributed by atoms with Crippen LogP contribution in [0.1, 0.15) is 5.82 Å². The fourth-order valence-corrected chi connectivity index (χ4v) is 1.12. The van der Waals surface area contributed by atoms with E-state index >= 15 is 0 Å². The molecule has 0 saturated heterocycles. The molecule has 0 bridgehead atoms. The van der Waals surface area contributed by atoms with E-state index in [-0.39, 0.29) is 23.3 Å². The van der Waals surface area contributed by atoms with Gasteiger partial charge in [-0.05, 0) is 0 Å². The van der Waals surface area contributed by atoms with Crippen LogP contribution in [0.3, 0.4) is 0 Å². The molecule has 0 atom stereocenters. The molecule has 1 amide bonds. The molecule has 1 heterocycles. The van der Waals surface area contributed by atoms with Crippen molar-refractivity contribution >= 4 is 28.3 Å². The van der Waals surface area contributed by atoms with E-state index in [1.54, 1.807) is 0 Å². The summed E-state index contributed by atoms with van der Waals surface area (Å²) in [6.45, 7) is 3.58. The van der Waals surface area contributed by atoms with Gasteiger partial charge in [0.25, 0.3) is 5.91 Å². The number of oxime groups is 1. The van der Waals surface area contributed by atoms with Gasteiger partial charge in [0.15, 0.2) is 5.13 Å². The molecule has 0 saturated carbocycles. The SMILES string of the molecule is C=CCO/N=C(\C(N)=O)c1nsc(N)n1. The van der Waals surface area contributed by atoms with Gasteiger partial charge in [-0.3, -0.25) is 4.79 Å². The van der Waals surface area contributed by atoms with Crippen LogP contribution < -0.4 is 11.5 Å². The topological polar surface area (TPSA) is 116 Å². The van der Waals surface area contributed by atoms with E-state index in [1.807, 2.05) is 0 Å². The normalized spacial score (nSPS) is 11.1. The van der Waals surface area contributed by atoms with Gasteiger partial charge in [0, 0.05) is 11.5 Å². The molecular weight excluding hydrogens is 218 g/mol. The van der Waals surface area contributed by atoms with E-state index < -0.39 is 5.91 Å². The number of aromatic nitrogens is 2. The molecule has 0 fully saturated rings. The number of nitrogen functional groups attached to an aromatic ring is 1. The van der Waals surface area contributed by atoms with Gasteiger partial charge in [0.1, 0.15) is 6.61 Å². The predicted octanol–water partition coefficient (Wildman–Crippen LogP) is -0.488. The van der Waals surface area contributed by atoms with Gasteiger partial charge in [-0.25, -0.2) is 0 Å². The van der Waals surface area contributed by atoms with E-state index in [0.717, 1.165) is 11.5 Å². The van der Waals surface area contributed by atoms with Gasteiger partial charge in [0.2, 0.25) is 11.5 Å². The Bertz CT molecular complexity index is 400. The number of carbonyl (C=O) groups excluding carboxylic acids is 1. The average molecular weight is 227 g/mol. The summed E-state index contributed by atoms with van der Waals surface area (Å²) in [6, 6.07) is 0. The first kappa shape index (κ1) is 11.1. The zero-order valence-electron chi connectivity index (χ0n) is 7.71. The second kappa shape index (κ2) is 5.05. The fraction of sp³-hybridized carbons (Fsp3) is 0.143. The predicted molar refractivity (Wildman–Crippen MR) is 56.2 cm³/mol. The number of amides is 1. The minimum absolute atomic E-state index is 0.0639. The van der Waals surface area contributed by atoms with Crippen molar-refractivity contribution in [3.05, 3.63) is 18.5 Å². The lowest BCUT2D eigenvalue weighted by atomic mass is 10.3. The average Bonchev–Trinajstić information content (AvgIpc) is 2.59. The van der Waals surface area contributed by atoms with Crippen LogP contribution in [0, 0.1) is 0 Å². The Balaban J connectivity index is 2.87. The van der Waals surface area contributed by atoms with Gasteiger partial charge in [-0.1, -0.05) is 17.8 Å². The molecule has 1 aromatic rings.